The van der Waals surface area contributed by atoms with Crippen molar-refractivity contribution < 1.29 is 14.1 Å². The molecule has 1 aromatic rings. The Bertz CT molecular complexity index is 752. The van der Waals surface area contributed by atoms with Crippen molar-refractivity contribution in [1.82, 2.24) is 0 Å². The predicted molar refractivity (Wildman–Crippen MR) is 99.7 cm³/mol. The molecule has 0 atom stereocenters. The highest BCUT2D eigenvalue weighted by atomic mass is 16.7. The quantitative estimate of drug-likeness (QED) is 0.621. The molecule has 0 unspecified atom stereocenters. The number of carbonyl (C=O) groups is 1. The summed E-state index contributed by atoms with van der Waals surface area (Å²) in [4.78, 5) is 12.8. The van der Waals surface area contributed by atoms with Crippen LogP contribution in [0.25, 0.3) is 0 Å². The lowest BCUT2D eigenvalue weighted by Crippen LogP contribution is -2.41. The van der Waals surface area contributed by atoms with E-state index in [0.717, 1.165) is 22.9 Å². The maximum atomic E-state index is 11.0. The Morgan fingerprint density at radius 1 is 1.20 bits per heavy atom. The minimum atomic E-state index is -0.512. The van der Waals surface area contributed by atoms with E-state index in [1.165, 1.54) is 7.41 Å². The molecule has 7 heteroatoms. The Kier molecular flexibility index (Phi) is 4.05. The monoisotopic (exact) mass is 337 g/mol. The topological polar surface area (TPSA) is 62.6 Å². The minimum Gasteiger partial charge on any atom is -0.410 e. The average molecular weight is 337 g/mol. The van der Waals surface area contributed by atoms with E-state index in [9.17, 15) is 10.1 Å². The van der Waals surface area contributed by atoms with Crippen LogP contribution < -0.4 is 10.3 Å². The number of nitriles is 1. The van der Waals surface area contributed by atoms with E-state index >= 15 is 0 Å². The number of hydrogen-bond donors (Lipinski definition) is 0. The van der Waals surface area contributed by atoms with Crippen molar-refractivity contribution in [3.8, 4) is 6.07 Å². The molecule has 0 N–H and O–H groups in total. The first-order chi connectivity index (χ1) is 11.5. The van der Waals surface area contributed by atoms with Crippen LogP contribution in [0.5, 0.6) is 0 Å². The number of nitrogens with zero attached hydrogens (tertiary/aromatic N) is 2. The van der Waals surface area contributed by atoms with Gasteiger partial charge in [0.2, 0.25) is 0 Å². The molecule has 0 aliphatic carbocycles. The summed E-state index contributed by atoms with van der Waals surface area (Å²) in [6.07, 6.45) is 0.758. The van der Waals surface area contributed by atoms with Crippen LogP contribution in [0.1, 0.15) is 52.7 Å². The standard InChI is InChI=1S/C18H23B2N2O3/c1-16(2)10-22(19-11-23)15-12(9-21)7-13(8-14(15)16)20-24-17(3,4)18(5,6)25-20/h7-8,11H,10H2,1-6H3. The van der Waals surface area contributed by atoms with Crippen molar-refractivity contribution in [2.24, 2.45) is 0 Å². The average Bonchev–Trinajstić information content (AvgIpc) is 2.88. The number of hydrogen-bond acceptors (Lipinski definition) is 5. The predicted octanol–water partition coefficient (Wildman–Crippen LogP) is 1.76. The highest BCUT2D eigenvalue weighted by molar-refractivity contribution is 6.70. The Morgan fingerprint density at radius 2 is 1.80 bits per heavy atom. The van der Waals surface area contributed by atoms with Crippen molar-refractivity contribution >= 4 is 31.9 Å². The molecule has 0 bridgehead atoms. The third-order valence-corrected chi connectivity index (χ3v) is 5.60. The zero-order chi connectivity index (χ0) is 18.6. The molecule has 25 heavy (non-hydrogen) atoms. The third kappa shape index (κ3) is 2.78. The van der Waals surface area contributed by atoms with E-state index in [-0.39, 0.29) is 5.41 Å². The normalized spacial score (nSPS) is 22.4. The summed E-state index contributed by atoms with van der Waals surface area (Å²) >= 11 is 0. The second-order valence-corrected chi connectivity index (χ2v) is 8.46. The molecule has 0 saturated carbocycles. The van der Waals surface area contributed by atoms with E-state index in [2.05, 4.69) is 26.0 Å². The van der Waals surface area contributed by atoms with Crippen LogP contribution in [0.4, 0.5) is 5.69 Å². The first-order valence-electron chi connectivity index (χ1n) is 8.52. The molecule has 5 nitrogen and oxygen atoms in total. The fourth-order valence-electron chi connectivity index (χ4n) is 3.47. The van der Waals surface area contributed by atoms with Gasteiger partial charge >= 0.3 is 14.5 Å². The fraction of sp³-hybridized carbons (Fsp3) is 0.556. The lowest BCUT2D eigenvalue weighted by atomic mass is 9.74. The summed E-state index contributed by atoms with van der Waals surface area (Å²) in [6, 6.07) is 6.14. The first kappa shape index (κ1) is 18.0. The molecule has 3 rings (SSSR count). The van der Waals surface area contributed by atoms with Crippen molar-refractivity contribution in [3.05, 3.63) is 23.3 Å². The van der Waals surface area contributed by atoms with Gasteiger partial charge in [0.15, 0.2) is 0 Å². The maximum Gasteiger partial charge on any atom is 0.494 e. The molecule has 0 amide bonds. The highest BCUT2D eigenvalue weighted by Gasteiger charge is 2.52. The Morgan fingerprint density at radius 3 is 2.32 bits per heavy atom. The van der Waals surface area contributed by atoms with Crippen molar-refractivity contribution in [3.63, 3.8) is 0 Å². The molecule has 2 heterocycles. The number of benzene rings is 1. The number of rotatable bonds is 3. The van der Waals surface area contributed by atoms with Gasteiger partial charge in [-0.15, -0.1) is 0 Å². The van der Waals surface area contributed by atoms with E-state index < -0.39 is 18.3 Å². The van der Waals surface area contributed by atoms with Gasteiger partial charge in [0.05, 0.1) is 16.8 Å². The summed E-state index contributed by atoms with van der Waals surface area (Å²) < 4.78 is 12.3. The van der Waals surface area contributed by atoms with Gasteiger partial charge in [0, 0.05) is 17.6 Å². The summed E-state index contributed by atoms with van der Waals surface area (Å²) in [7, 11) is 0.977. The lowest BCUT2D eigenvalue weighted by molar-refractivity contribution is 0.00578. The number of fused-ring (bicyclic) bond motifs is 1. The SMILES string of the molecule is CC1(C)CN([B]C=O)c2c(C#N)cc(B3OC(C)(C)C(C)(C)O3)cc21. The van der Waals surface area contributed by atoms with Crippen LogP contribution in [0, 0.1) is 11.3 Å². The van der Waals surface area contributed by atoms with E-state index in [0.29, 0.717) is 12.1 Å². The molecule has 0 aromatic heterocycles. The van der Waals surface area contributed by atoms with Crippen molar-refractivity contribution in [2.75, 3.05) is 11.4 Å². The van der Waals surface area contributed by atoms with Gasteiger partial charge in [-0.05, 0) is 44.8 Å². The number of anilines is 1. The van der Waals surface area contributed by atoms with Gasteiger partial charge in [-0.2, -0.15) is 5.26 Å². The zero-order valence-corrected chi connectivity index (χ0v) is 15.7. The summed E-state index contributed by atoms with van der Waals surface area (Å²) in [5.41, 5.74) is 2.17. The summed E-state index contributed by atoms with van der Waals surface area (Å²) in [5.74, 6) is 0. The molecular weight excluding hydrogens is 314 g/mol. The molecule has 129 valence electrons. The summed E-state index contributed by atoms with van der Waals surface area (Å²) in [5, 5.41) is 9.67. The van der Waals surface area contributed by atoms with Crippen molar-refractivity contribution in [1.29, 1.82) is 5.26 Å². The van der Waals surface area contributed by atoms with Crippen LogP contribution in [-0.4, -0.2) is 38.5 Å². The Hall–Kier alpha value is -1.77. The minimum absolute atomic E-state index is 0.180. The smallest absolute Gasteiger partial charge is 0.410 e. The molecule has 2 aliphatic heterocycles. The highest BCUT2D eigenvalue weighted by Crippen LogP contribution is 2.42. The van der Waals surface area contributed by atoms with Gasteiger partial charge in [-0.25, -0.2) is 0 Å². The van der Waals surface area contributed by atoms with Gasteiger partial charge in [0.25, 0.3) is 0 Å². The van der Waals surface area contributed by atoms with Gasteiger partial charge in [-0.3, -0.25) is 0 Å². The molecule has 1 radical (unpaired) electrons. The lowest BCUT2D eigenvalue weighted by Gasteiger charge is -2.32. The van der Waals surface area contributed by atoms with Gasteiger partial charge in [-0.1, -0.05) is 19.9 Å². The second-order valence-electron chi connectivity index (χ2n) is 8.46. The van der Waals surface area contributed by atoms with Gasteiger partial charge in [0.1, 0.15) is 12.3 Å². The van der Waals surface area contributed by atoms with Crippen LogP contribution >= 0.6 is 0 Å². The second kappa shape index (κ2) is 5.62. The van der Waals surface area contributed by atoms with Gasteiger partial charge < -0.3 is 18.9 Å². The number of carbonyl (C=O) groups excluding carboxylic acids is 1. The van der Waals surface area contributed by atoms with Crippen molar-refractivity contribution in [2.45, 2.75) is 58.2 Å². The fourth-order valence-corrected chi connectivity index (χ4v) is 3.47. The van der Waals surface area contributed by atoms with Crippen LogP contribution in [0.3, 0.4) is 0 Å². The largest absolute Gasteiger partial charge is 0.494 e. The van der Waals surface area contributed by atoms with E-state index in [1.54, 1.807) is 0 Å². The van der Waals surface area contributed by atoms with E-state index in [1.807, 2.05) is 38.6 Å². The Balaban J connectivity index is 2.09. The molecule has 0 spiro atoms. The van der Waals surface area contributed by atoms with E-state index in [4.69, 9.17) is 9.31 Å². The molecular formula is C18H23B2N2O3. The molecule has 1 fully saturated rings. The third-order valence-electron chi connectivity index (χ3n) is 5.60. The van der Waals surface area contributed by atoms with Crippen LogP contribution in [0.2, 0.25) is 0 Å². The first-order valence-corrected chi connectivity index (χ1v) is 8.52. The van der Waals surface area contributed by atoms with Crippen LogP contribution in [-0.2, 0) is 19.5 Å². The Labute approximate surface area is 150 Å². The zero-order valence-electron chi connectivity index (χ0n) is 15.7. The van der Waals surface area contributed by atoms with Crippen LogP contribution in [0.15, 0.2) is 12.1 Å². The maximum absolute atomic E-state index is 11.0. The molecule has 2 aliphatic rings. The molecule has 1 saturated heterocycles. The molecule has 1 aromatic carbocycles. The summed E-state index contributed by atoms with van der Waals surface area (Å²) in [6.45, 7) is 12.9.